The molecule has 0 atom stereocenters. The van der Waals surface area contributed by atoms with Gasteiger partial charge in [-0.3, -0.25) is 4.79 Å². The second-order valence-electron chi connectivity index (χ2n) is 3.64. The fourth-order valence-corrected chi connectivity index (χ4v) is 1.83. The number of aldehydes is 1. The molecule has 0 saturated carbocycles. The number of ether oxygens (including phenoxy) is 1. The third kappa shape index (κ3) is 3.26. The molecule has 0 saturated heterocycles. The molecular formula is C12H5Cl2F3O3. The number of furan rings is 1. The quantitative estimate of drug-likeness (QED) is 0.749. The van der Waals surface area contributed by atoms with Crippen molar-refractivity contribution in [3.05, 3.63) is 40.1 Å². The van der Waals surface area contributed by atoms with Crippen molar-refractivity contribution < 1.29 is 27.1 Å². The molecule has 1 heterocycles. The van der Waals surface area contributed by atoms with Crippen LogP contribution in [0.4, 0.5) is 13.2 Å². The SMILES string of the molecule is O=Cc1ccc(-c2cc(Cl)c(Cl)c(OC(F)(F)F)c2)o1. The van der Waals surface area contributed by atoms with Gasteiger partial charge in [-0.2, -0.15) is 0 Å². The Morgan fingerprint density at radius 2 is 1.90 bits per heavy atom. The largest absolute Gasteiger partial charge is 0.573 e. The fraction of sp³-hybridized carbons (Fsp3) is 0.0833. The fourth-order valence-electron chi connectivity index (χ4n) is 1.48. The van der Waals surface area contributed by atoms with Gasteiger partial charge >= 0.3 is 6.36 Å². The van der Waals surface area contributed by atoms with Crippen LogP contribution >= 0.6 is 23.2 Å². The summed E-state index contributed by atoms with van der Waals surface area (Å²) in [5, 5.41) is -0.498. The minimum atomic E-state index is -4.90. The van der Waals surface area contributed by atoms with Gasteiger partial charge in [0.15, 0.2) is 12.0 Å². The van der Waals surface area contributed by atoms with Crippen LogP contribution in [0.2, 0.25) is 10.0 Å². The predicted molar refractivity (Wildman–Crippen MR) is 66.2 cm³/mol. The summed E-state index contributed by atoms with van der Waals surface area (Å²) in [4.78, 5) is 10.5. The van der Waals surface area contributed by atoms with Crippen molar-refractivity contribution in [2.24, 2.45) is 0 Å². The number of alkyl halides is 3. The summed E-state index contributed by atoms with van der Waals surface area (Å²) in [6, 6.07) is 5.12. The molecule has 0 aliphatic carbocycles. The first-order chi connectivity index (χ1) is 9.30. The van der Waals surface area contributed by atoms with Crippen molar-refractivity contribution in [3.8, 4) is 17.1 Å². The summed E-state index contributed by atoms with van der Waals surface area (Å²) in [6.07, 6.45) is -4.43. The van der Waals surface area contributed by atoms with Crippen molar-refractivity contribution in [1.29, 1.82) is 0 Å². The lowest BCUT2D eigenvalue weighted by molar-refractivity contribution is -0.274. The van der Waals surface area contributed by atoms with Crippen LogP contribution in [0, 0.1) is 0 Å². The molecule has 0 aliphatic rings. The molecule has 0 spiro atoms. The van der Waals surface area contributed by atoms with E-state index in [1.54, 1.807) is 0 Å². The van der Waals surface area contributed by atoms with Crippen LogP contribution in [0.3, 0.4) is 0 Å². The van der Waals surface area contributed by atoms with E-state index in [1.807, 2.05) is 0 Å². The zero-order valence-electron chi connectivity index (χ0n) is 9.50. The summed E-state index contributed by atoms with van der Waals surface area (Å²) in [6.45, 7) is 0. The molecule has 106 valence electrons. The van der Waals surface area contributed by atoms with E-state index in [0.29, 0.717) is 6.29 Å². The minimum absolute atomic E-state index is 0.0318. The van der Waals surface area contributed by atoms with E-state index < -0.39 is 12.1 Å². The Hall–Kier alpha value is -1.66. The molecule has 0 unspecified atom stereocenters. The maximum Gasteiger partial charge on any atom is 0.573 e. The van der Waals surface area contributed by atoms with Crippen LogP contribution in [0.15, 0.2) is 28.7 Å². The van der Waals surface area contributed by atoms with Gasteiger partial charge in [0.1, 0.15) is 16.5 Å². The highest BCUT2D eigenvalue weighted by Gasteiger charge is 2.32. The van der Waals surface area contributed by atoms with E-state index >= 15 is 0 Å². The lowest BCUT2D eigenvalue weighted by Gasteiger charge is -2.12. The Labute approximate surface area is 120 Å². The average molecular weight is 325 g/mol. The molecule has 2 rings (SSSR count). The molecule has 0 bridgehead atoms. The molecule has 0 N–H and O–H groups in total. The summed E-state index contributed by atoms with van der Waals surface area (Å²) >= 11 is 11.4. The number of benzene rings is 1. The highest BCUT2D eigenvalue weighted by Crippen LogP contribution is 2.39. The van der Waals surface area contributed by atoms with Gasteiger partial charge in [0.05, 0.1) is 5.02 Å². The van der Waals surface area contributed by atoms with E-state index in [-0.39, 0.29) is 27.1 Å². The molecule has 2 aromatic rings. The molecule has 1 aromatic heterocycles. The zero-order chi connectivity index (χ0) is 14.9. The van der Waals surface area contributed by atoms with E-state index in [9.17, 15) is 18.0 Å². The van der Waals surface area contributed by atoms with Crippen molar-refractivity contribution in [2.75, 3.05) is 0 Å². The third-order valence-electron chi connectivity index (χ3n) is 2.25. The summed E-state index contributed by atoms with van der Waals surface area (Å²) in [7, 11) is 0. The molecule has 0 radical (unpaired) electrons. The van der Waals surface area contributed by atoms with Gasteiger partial charge in [-0.05, 0) is 24.3 Å². The Bertz CT molecular complexity index is 650. The molecule has 8 heteroatoms. The lowest BCUT2D eigenvalue weighted by atomic mass is 10.1. The van der Waals surface area contributed by atoms with Gasteiger partial charge in [0.2, 0.25) is 0 Å². The minimum Gasteiger partial charge on any atom is -0.453 e. The normalized spacial score (nSPS) is 11.4. The van der Waals surface area contributed by atoms with Crippen LogP contribution in [-0.4, -0.2) is 12.6 Å². The maximum atomic E-state index is 12.3. The Morgan fingerprint density at radius 1 is 1.20 bits per heavy atom. The van der Waals surface area contributed by atoms with E-state index in [4.69, 9.17) is 27.6 Å². The van der Waals surface area contributed by atoms with Gasteiger partial charge in [0.25, 0.3) is 0 Å². The first kappa shape index (κ1) is 14.7. The zero-order valence-corrected chi connectivity index (χ0v) is 11.0. The second-order valence-corrected chi connectivity index (χ2v) is 4.42. The molecule has 3 nitrogen and oxygen atoms in total. The number of rotatable bonds is 3. The van der Waals surface area contributed by atoms with Gasteiger partial charge in [-0.1, -0.05) is 23.2 Å². The first-order valence-electron chi connectivity index (χ1n) is 5.10. The van der Waals surface area contributed by atoms with Crippen molar-refractivity contribution in [2.45, 2.75) is 6.36 Å². The van der Waals surface area contributed by atoms with Gasteiger partial charge in [0, 0.05) is 5.56 Å². The second kappa shape index (κ2) is 5.38. The summed E-state index contributed by atoms with van der Waals surface area (Å²) < 4.78 is 45.6. The molecule has 0 aliphatic heterocycles. The van der Waals surface area contributed by atoms with Crippen molar-refractivity contribution in [1.82, 2.24) is 0 Å². The number of halogens is 5. The topological polar surface area (TPSA) is 39.4 Å². The van der Waals surface area contributed by atoms with Crippen LogP contribution in [0.25, 0.3) is 11.3 Å². The van der Waals surface area contributed by atoms with Crippen LogP contribution in [0.5, 0.6) is 5.75 Å². The lowest BCUT2D eigenvalue weighted by Crippen LogP contribution is -2.17. The molecule has 0 amide bonds. The standard InChI is InChI=1S/C12H5Cl2F3O3/c13-8-3-6(9-2-1-7(5-18)19-9)4-10(11(8)14)20-12(15,16)17/h1-5H. The molecular weight excluding hydrogens is 320 g/mol. The smallest absolute Gasteiger partial charge is 0.453 e. The number of hydrogen-bond acceptors (Lipinski definition) is 3. The molecule has 20 heavy (non-hydrogen) atoms. The van der Waals surface area contributed by atoms with Crippen LogP contribution in [-0.2, 0) is 0 Å². The summed E-state index contributed by atoms with van der Waals surface area (Å²) in [5.41, 5.74) is 0.201. The number of hydrogen-bond donors (Lipinski definition) is 0. The van der Waals surface area contributed by atoms with E-state index in [1.165, 1.54) is 18.2 Å². The predicted octanol–water partition coefficient (Wildman–Crippen LogP) is 4.96. The van der Waals surface area contributed by atoms with Crippen LogP contribution in [0.1, 0.15) is 10.6 Å². The summed E-state index contributed by atoms with van der Waals surface area (Å²) in [5.74, 6) is -0.451. The number of carbonyl (C=O) groups excluding carboxylic acids is 1. The highest BCUT2D eigenvalue weighted by atomic mass is 35.5. The van der Waals surface area contributed by atoms with Gasteiger partial charge < -0.3 is 9.15 Å². The first-order valence-corrected chi connectivity index (χ1v) is 5.86. The van der Waals surface area contributed by atoms with E-state index in [2.05, 4.69) is 4.74 Å². The third-order valence-corrected chi connectivity index (χ3v) is 3.03. The Kier molecular flexibility index (Phi) is 3.96. The average Bonchev–Trinajstić information content (AvgIpc) is 2.81. The number of carbonyl (C=O) groups is 1. The van der Waals surface area contributed by atoms with Crippen LogP contribution < -0.4 is 4.74 Å². The van der Waals surface area contributed by atoms with Crippen molar-refractivity contribution >= 4 is 29.5 Å². The molecule has 0 fully saturated rings. The van der Waals surface area contributed by atoms with Crippen molar-refractivity contribution in [3.63, 3.8) is 0 Å². The molecule has 1 aromatic carbocycles. The highest BCUT2D eigenvalue weighted by molar-refractivity contribution is 6.43. The van der Waals surface area contributed by atoms with E-state index in [0.717, 1.165) is 6.07 Å². The Morgan fingerprint density at radius 3 is 2.45 bits per heavy atom. The van der Waals surface area contributed by atoms with Gasteiger partial charge in [-0.25, -0.2) is 0 Å². The van der Waals surface area contributed by atoms with Gasteiger partial charge in [-0.15, -0.1) is 13.2 Å². The Balaban J connectivity index is 2.47. The monoisotopic (exact) mass is 324 g/mol. The maximum absolute atomic E-state index is 12.3.